The molecule has 102 valence electrons. The highest BCUT2D eigenvalue weighted by Crippen LogP contribution is 2.13. The van der Waals surface area contributed by atoms with Crippen LogP contribution in [0.4, 0.5) is 4.39 Å². The summed E-state index contributed by atoms with van der Waals surface area (Å²) in [5, 5.41) is 0. The molecule has 1 saturated heterocycles. The number of benzene rings is 1. The molecule has 19 heavy (non-hydrogen) atoms. The predicted molar refractivity (Wildman–Crippen MR) is 72.0 cm³/mol. The summed E-state index contributed by atoms with van der Waals surface area (Å²) in [4.78, 5) is 13.9. The number of halogens is 1. The molecule has 0 spiro atoms. The molecule has 1 aromatic rings. The third kappa shape index (κ3) is 3.41. The van der Waals surface area contributed by atoms with Gasteiger partial charge in [-0.25, -0.2) is 4.39 Å². The first kappa shape index (κ1) is 13.7. The zero-order valence-corrected chi connectivity index (χ0v) is 11.2. The second-order valence-electron chi connectivity index (χ2n) is 4.84. The van der Waals surface area contributed by atoms with Crippen LogP contribution in [0.25, 0.3) is 6.08 Å². The molecule has 1 aromatic carbocycles. The van der Waals surface area contributed by atoms with E-state index in [2.05, 4.69) is 0 Å². The zero-order chi connectivity index (χ0) is 13.8. The van der Waals surface area contributed by atoms with Crippen molar-refractivity contribution in [3.05, 3.63) is 41.7 Å². The van der Waals surface area contributed by atoms with Crippen LogP contribution < -0.4 is 0 Å². The Hall–Kier alpha value is -1.68. The molecular weight excluding hydrogens is 245 g/mol. The van der Waals surface area contributed by atoms with Gasteiger partial charge in [-0.1, -0.05) is 18.2 Å². The minimum absolute atomic E-state index is 0.0435. The molecule has 2 unspecified atom stereocenters. The van der Waals surface area contributed by atoms with Gasteiger partial charge in [0.1, 0.15) is 5.82 Å². The second kappa shape index (κ2) is 5.97. The summed E-state index contributed by atoms with van der Waals surface area (Å²) in [6.07, 6.45) is 2.99. The lowest BCUT2D eigenvalue weighted by Gasteiger charge is -2.36. The van der Waals surface area contributed by atoms with Crippen LogP contribution in [0.15, 0.2) is 30.3 Å². The first-order valence-corrected chi connectivity index (χ1v) is 6.42. The molecule has 2 atom stereocenters. The number of hydrogen-bond acceptors (Lipinski definition) is 2. The molecule has 4 heteroatoms. The van der Waals surface area contributed by atoms with Crippen molar-refractivity contribution in [3.63, 3.8) is 0 Å². The number of ether oxygens (including phenoxy) is 1. The van der Waals surface area contributed by atoms with E-state index >= 15 is 0 Å². The van der Waals surface area contributed by atoms with Gasteiger partial charge in [0.05, 0.1) is 18.8 Å². The van der Waals surface area contributed by atoms with Crippen LogP contribution in [0.3, 0.4) is 0 Å². The van der Waals surface area contributed by atoms with Gasteiger partial charge in [-0.3, -0.25) is 4.79 Å². The molecule has 3 nitrogen and oxygen atoms in total. The van der Waals surface area contributed by atoms with Gasteiger partial charge in [0.25, 0.3) is 0 Å². The van der Waals surface area contributed by atoms with E-state index in [1.807, 2.05) is 13.8 Å². The molecule has 0 aromatic heterocycles. The Bertz CT molecular complexity index is 487. The molecule has 1 aliphatic heterocycles. The Morgan fingerprint density at radius 3 is 2.89 bits per heavy atom. The Labute approximate surface area is 112 Å². The normalized spacial score (nSPS) is 23.8. The highest BCUT2D eigenvalue weighted by molar-refractivity contribution is 5.92. The van der Waals surface area contributed by atoms with Crippen molar-refractivity contribution in [1.82, 2.24) is 4.90 Å². The molecule has 0 saturated carbocycles. The maximum atomic E-state index is 13.4. The average Bonchev–Trinajstić information content (AvgIpc) is 2.40. The van der Waals surface area contributed by atoms with Crippen molar-refractivity contribution in [2.24, 2.45) is 0 Å². The van der Waals surface area contributed by atoms with Crippen molar-refractivity contribution in [3.8, 4) is 0 Å². The van der Waals surface area contributed by atoms with Gasteiger partial charge in [0, 0.05) is 18.2 Å². The largest absolute Gasteiger partial charge is 0.375 e. The summed E-state index contributed by atoms with van der Waals surface area (Å²) >= 11 is 0. The minimum atomic E-state index is -0.324. The lowest BCUT2D eigenvalue weighted by Crippen LogP contribution is -2.49. The van der Waals surface area contributed by atoms with Crippen molar-refractivity contribution < 1.29 is 13.9 Å². The van der Waals surface area contributed by atoms with Crippen LogP contribution in [0.2, 0.25) is 0 Å². The first-order chi connectivity index (χ1) is 9.08. The Kier molecular flexibility index (Phi) is 4.32. The van der Waals surface area contributed by atoms with E-state index in [0.29, 0.717) is 18.7 Å². The third-order valence-corrected chi connectivity index (χ3v) is 3.20. The number of morpholine rings is 1. The van der Waals surface area contributed by atoms with Gasteiger partial charge in [0.15, 0.2) is 0 Å². The lowest BCUT2D eigenvalue weighted by molar-refractivity contribution is -0.137. The third-order valence-electron chi connectivity index (χ3n) is 3.20. The summed E-state index contributed by atoms with van der Waals surface area (Å²) in [5.74, 6) is -0.430. The number of carbonyl (C=O) groups is 1. The molecule has 0 radical (unpaired) electrons. The van der Waals surface area contributed by atoms with E-state index in [9.17, 15) is 9.18 Å². The fourth-order valence-corrected chi connectivity index (χ4v) is 2.08. The van der Waals surface area contributed by atoms with E-state index in [1.165, 1.54) is 18.2 Å². The Balaban J connectivity index is 2.06. The molecule has 0 aliphatic carbocycles. The Morgan fingerprint density at radius 1 is 1.42 bits per heavy atom. The number of amides is 1. The topological polar surface area (TPSA) is 29.5 Å². The SMILES string of the molecule is CC1CN(C(=O)/C=C/c2ccccc2F)C(C)CO1. The number of hydrogen-bond donors (Lipinski definition) is 0. The zero-order valence-electron chi connectivity index (χ0n) is 11.2. The number of carbonyl (C=O) groups excluding carboxylic acids is 1. The van der Waals surface area contributed by atoms with Crippen LogP contribution in [-0.4, -0.2) is 36.1 Å². The fraction of sp³-hybridized carbons (Fsp3) is 0.400. The highest BCUT2D eigenvalue weighted by Gasteiger charge is 2.25. The summed E-state index contributed by atoms with van der Waals surface area (Å²) in [6.45, 7) is 5.00. The smallest absolute Gasteiger partial charge is 0.246 e. The fourth-order valence-electron chi connectivity index (χ4n) is 2.08. The standard InChI is InChI=1S/C15H18FNO2/c1-11-10-19-12(2)9-17(11)15(18)8-7-13-5-3-4-6-14(13)16/h3-8,11-12H,9-10H2,1-2H3/b8-7+. The van der Waals surface area contributed by atoms with E-state index in [0.717, 1.165) is 0 Å². The molecule has 0 bridgehead atoms. The predicted octanol–water partition coefficient (Wildman–Crippen LogP) is 2.47. The van der Waals surface area contributed by atoms with Crippen LogP contribution in [0, 0.1) is 5.82 Å². The summed E-state index contributed by atoms with van der Waals surface area (Å²) < 4.78 is 18.9. The van der Waals surface area contributed by atoms with E-state index in [4.69, 9.17) is 4.74 Å². The average molecular weight is 263 g/mol. The van der Waals surface area contributed by atoms with Gasteiger partial charge in [0.2, 0.25) is 5.91 Å². The number of nitrogens with zero attached hydrogens (tertiary/aromatic N) is 1. The molecule has 2 rings (SSSR count). The van der Waals surface area contributed by atoms with Crippen LogP contribution in [0.1, 0.15) is 19.4 Å². The molecule has 1 fully saturated rings. The van der Waals surface area contributed by atoms with Gasteiger partial charge in [-0.05, 0) is 26.0 Å². The second-order valence-corrected chi connectivity index (χ2v) is 4.84. The van der Waals surface area contributed by atoms with Crippen molar-refractivity contribution in [2.75, 3.05) is 13.2 Å². The molecule has 1 aliphatic rings. The van der Waals surface area contributed by atoms with Crippen molar-refractivity contribution in [2.45, 2.75) is 26.0 Å². The van der Waals surface area contributed by atoms with Crippen molar-refractivity contribution >= 4 is 12.0 Å². The van der Waals surface area contributed by atoms with E-state index in [1.54, 1.807) is 23.1 Å². The highest BCUT2D eigenvalue weighted by atomic mass is 19.1. The van der Waals surface area contributed by atoms with Crippen LogP contribution in [-0.2, 0) is 9.53 Å². The van der Waals surface area contributed by atoms with Crippen molar-refractivity contribution in [1.29, 1.82) is 0 Å². The maximum Gasteiger partial charge on any atom is 0.246 e. The maximum absolute atomic E-state index is 13.4. The lowest BCUT2D eigenvalue weighted by atomic mass is 10.1. The van der Waals surface area contributed by atoms with Gasteiger partial charge in [-0.15, -0.1) is 0 Å². The van der Waals surface area contributed by atoms with Gasteiger partial charge < -0.3 is 9.64 Å². The number of rotatable bonds is 2. The summed E-state index contributed by atoms with van der Waals surface area (Å²) in [7, 11) is 0. The first-order valence-electron chi connectivity index (χ1n) is 6.42. The molecule has 1 amide bonds. The Morgan fingerprint density at radius 2 is 2.16 bits per heavy atom. The molecule has 0 N–H and O–H groups in total. The van der Waals surface area contributed by atoms with Crippen LogP contribution in [0.5, 0.6) is 0 Å². The van der Waals surface area contributed by atoms with E-state index < -0.39 is 0 Å². The van der Waals surface area contributed by atoms with Gasteiger partial charge in [-0.2, -0.15) is 0 Å². The quantitative estimate of drug-likeness (QED) is 0.767. The van der Waals surface area contributed by atoms with Crippen LogP contribution >= 0.6 is 0 Å². The molecule has 1 heterocycles. The summed E-state index contributed by atoms with van der Waals surface area (Å²) in [6, 6.07) is 6.44. The van der Waals surface area contributed by atoms with Gasteiger partial charge >= 0.3 is 0 Å². The summed E-state index contributed by atoms with van der Waals surface area (Å²) in [5.41, 5.74) is 0.421. The minimum Gasteiger partial charge on any atom is -0.375 e. The molecular formula is C15H18FNO2. The van der Waals surface area contributed by atoms with E-state index in [-0.39, 0.29) is 23.9 Å². The monoisotopic (exact) mass is 263 g/mol.